The van der Waals surface area contributed by atoms with Crippen LogP contribution in [0, 0.1) is 18.8 Å². The minimum absolute atomic E-state index is 0.234. The number of aryl methyl sites for hydroxylation is 1. The third kappa shape index (κ3) is 1.86. The Morgan fingerprint density at radius 1 is 1.18 bits per heavy atom. The first-order valence-electron chi connectivity index (χ1n) is 6.60. The number of rotatable bonds is 1. The fourth-order valence-electron chi connectivity index (χ4n) is 3.38. The second-order valence-electron chi connectivity index (χ2n) is 5.48. The topological polar surface area (TPSA) is 20.3 Å². The molecule has 1 heterocycles. The van der Waals surface area contributed by atoms with Crippen molar-refractivity contribution in [2.24, 2.45) is 11.8 Å². The van der Waals surface area contributed by atoms with E-state index in [1.807, 2.05) is 31.2 Å². The average Bonchev–Trinajstić information content (AvgIpc) is 2.88. The van der Waals surface area contributed by atoms with Crippen LogP contribution in [0.15, 0.2) is 24.3 Å². The lowest BCUT2D eigenvalue weighted by Gasteiger charge is -2.18. The van der Waals surface area contributed by atoms with Crippen LogP contribution in [0.4, 0.5) is 0 Å². The minimum Gasteiger partial charge on any atom is -0.338 e. The molecule has 90 valence electrons. The molecule has 1 aromatic carbocycles. The van der Waals surface area contributed by atoms with Gasteiger partial charge in [-0.1, -0.05) is 24.6 Å². The van der Waals surface area contributed by atoms with Crippen LogP contribution >= 0.6 is 0 Å². The molecule has 0 radical (unpaired) electrons. The number of hydrogen-bond donors (Lipinski definition) is 0. The van der Waals surface area contributed by atoms with Crippen LogP contribution in [0.3, 0.4) is 0 Å². The summed E-state index contributed by atoms with van der Waals surface area (Å²) in [6, 6.07) is 7.91. The fourth-order valence-corrected chi connectivity index (χ4v) is 3.38. The van der Waals surface area contributed by atoms with E-state index in [-0.39, 0.29) is 5.91 Å². The summed E-state index contributed by atoms with van der Waals surface area (Å²) in [5, 5.41) is 0. The molecule has 3 rings (SSSR count). The molecule has 2 atom stereocenters. The quantitative estimate of drug-likeness (QED) is 0.725. The number of hydrogen-bond acceptors (Lipinski definition) is 1. The van der Waals surface area contributed by atoms with Crippen molar-refractivity contribution in [2.45, 2.75) is 26.2 Å². The van der Waals surface area contributed by atoms with Crippen molar-refractivity contribution in [1.82, 2.24) is 4.90 Å². The number of likely N-dealkylation sites (tertiary alicyclic amines) is 1. The van der Waals surface area contributed by atoms with Crippen LogP contribution in [0.25, 0.3) is 0 Å². The predicted molar refractivity (Wildman–Crippen MR) is 67.9 cm³/mol. The van der Waals surface area contributed by atoms with Crippen molar-refractivity contribution < 1.29 is 4.79 Å². The summed E-state index contributed by atoms with van der Waals surface area (Å²) in [4.78, 5) is 14.5. The lowest BCUT2D eigenvalue weighted by Crippen LogP contribution is -2.30. The van der Waals surface area contributed by atoms with Gasteiger partial charge in [0.15, 0.2) is 0 Å². The van der Waals surface area contributed by atoms with Gasteiger partial charge < -0.3 is 4.90 Å². The van der Waals surface area contributed by atoms with Gasteiger partial charge in [-0.25, -0.2) is 0 Å². The van der Waals surface area contributed by atoms with Crippen molar-refractivity contribution in [1.29, 1.82) is 0 Å². The van der Waals surface area contributed by atoms with Crippen molar-refractivity contribution in [3.63, 3.8) is 0 Å². The van der Waals surface area contributed by atoms with Crippen LogP contribution < -0.4 is 0 Å². The Balaban J connectivity index is 1.78. The highest BCUT2D eigenvalue weighted by Gasteiger charge is 2.38. The molecule has 1 saturated heterocycles. The molecule has 0 spiro atoms. The summed E-state index contributed by atoms with van der Waals surface area (Å²) in [7, 11) is 0. The number of nitrogens with zero attached hydrogens (tertiary/aromatic N) is 1. The number of amides is 1. The molecule has 2 nitrogen and oxygen atoms in total. The monoisotopic (exact) mass is 229 g/mol. The Labute approximate surface area is 103 Å². The van der Waals surface area contributed by atoms with Crippen molar-refractivity contribution >= 4 is 5.91 Å². The van der Waals surface area contributed by atoms with Gasteiger partial charge in [0.2, 0.25) is 0 Å². The lowest BCUT2D eigenvalue weighted by atomic mass is 10.0. The summed E-state index contributed by atoms with van der Waals surface area (Å²) < 4.78 is 0. The molecule has 2 fully saturated rings. The largest absolute Gasteiger partial charge is 0.338 e. The molecule has 17 heavy (non-hydrogen) atoms. The highest BCUT2D eigenvalue weighted by Crippen LogP contribution is 2.38. The summed E-state index contributed by atoms with van der Waals surface area (Å²) >= 11 is 0. The van der Waals surface area contributed by atoms with Gasteiger partial charge in [0.25, 0.3) is 5.91 Å². The molecular formula is C15H19NO. The van der Waals surface area contributed by atoms with E-state index in [4.69, 9.17) is 0 Å². The second-order valence-corrected chi connectivity index (χ2v) is 5.48. The summed E-state index contributed by atoms with van der Waals surface area (Å²) in [5.41, 5.74) is 1.97. The van der Waals surface area contributed by atoms with Gasteiger partial charge >= 0.3 is 0 Å². The average molecular weight is 229 g/mol. The van der Waals surface area contributed by atoms with Crippen LogP contribution in [0.1, 0.15) is 35.2 Å². The smallest absolute Gasteiger partial charge is 0.254 e. The molecule has 1 saturated carbocycles. The van der Waals surface area contributed by atoms with Crippen LogP contribution in [0.2, 0.25) is 0 Å². The zero-order chi connectivity index (χ0) is 11.8. The van der Waals surface area contributed by atoms with Gasteiger partial charge in [-0.3, -0.25) is 4.79 Å². The van der Waals surface area contributed by atoms with Crippen molar-refractivity contribution in [3.05, 3.63) is 35.4 Å². The molecule has 1 amide bonds. The first-order valence-corrected chi connectivity index (χ1v) is 6.60. The van der Waals surface area contributed by atoms with Crippen LogP contribution in [-0.4, -0.2) is 23.9 Å². The SMILES string of the molecule is Cc1ccccc1C(=O)N1CC2CCCC2C1. The highest BCUT2D eigenvalue weighted by atomic mass is 16.2. The van der Waals surface area contributed by atoms with E-state index in [9.17, 15) is 4.79 Å². The molecule has 2 aliphatic rings. The second kappa shape index (κ2) is 4.17. The number of carbonyl (C=O) groups excluding carboxylic acids is 1. The highest BCUT2D eigenvalue weighted by molar-refractivity contribution is 5.95. The Morgan fingerprint density at radius 3 is 2.47 bits per heavy atom. The zero-order valence-electron chi connectivity index (χ0n) is 10.4. The van der Waals surface area contributed by atoms with Gasteiger partial charge in [-0.2, -0.15) is 0 Å². The maximum Gasteiger partial charge on any atom is 0.254 e. The van der Waals surface area contributed by atoms with Gasteiger partial charge in [-0.15, -0.1) is 0 Å². The number of fused-ring (bicyclic) bond motifs is 1. The van der Waals surface area contributed by atoms with E-state index < -0.39 is 0 Å². The summed E-state index contributed by atoms with van der Waals surface area (Å²) in [5.74, 6) is 1.79. The first-order chi connectivity index (χ1) is 8.25. The van der Waals surface area contributed by atoms with E-state index >= 15 is 0 Å². The maximum absolute atomic E-state index is 12.4. The van der Waals surface area contributed by atoms with Gasteiger partial charge in [0.05, 0.1) is 0 Å². The molecular weight excluding hydrogens is 210 g/mol. The molecule has 1 aliphatic carbocycles. The van der Waals surface area contributed by atoms with E-state index in [0.29, 0.717) is 0 Å². The lowest BCUT2D eigenvalue weighted by molar-refractivity contribution is 0.0780. The Bertz CT molecular complexity index is 428. The molecule has 1 aliphatic heterocycles. The molecule has 0 aromatic heterocycles. The van der Waals surface area contributed by atoms with Gasteiger partial charge in [0.1, 0.15) is 0 Å². The third-order valence-corrected chi connectivity index (χ3v) is 4.39. The third-order valence-electron chi connectivity index (χ3n) is 4.39. The van der Waals surface area contributed by atoms with E-state index in [2.05, 4.69) is 4.90 Å². The van der Waals surface area contributed by atoms with Gasteiger partial charge in [-0.05, 0) is 43.2 Å². The maximum atomic E-state index is 12.4. The van der Waals surface area contributed by atoms with Crippen LogP contribution in [0.5, 0.6) is 0 Å². The van der Waals surface area contributed by atoms with Crippen LogP contribution in [-0.2, 0) is 0 Å². The van der Waals surface area contributed by atoms with Crippen molar-refractivity contribution in [3.8, 4) is 0 Å². The van der Waals surface area contributed by atoms with Crippen molar-refractivity contribution in [2.75, 3.05) is 13.1 Å². The zero-order valence-corrected chi connectivity index (χ0v) is 10.4. The van der Waals surface area contributed by atoms with E-state index in [0.717, 1.165) is 36.1 Å². The summed E-state index contributed by atoms with van der Waals surface area (Å²) in [6.45, 7) is 3.99. The van der Waals surface area contributed by atoms with E-state index in [1.54, 1.807) is 0 Å². The molecule has 1 aromatic rings. The first kappa shape index (κ1) is 10.8. The van der Waals surface area contributed by atoms with E-state index in [1.165, 1.54) is 19.3 Å². The Hall–Kier alpha value is -1.31. The number of carbonyl (C=O) groups is 1. The Kier molecular flexibility index (Phi) is 2.65. The minimum atomic E-state index is 0.234. The Morgan fingerprint density at radius 2 is 1.82 bits per heavy atom. The predicted octanol–water partition coefficient (Wildman–Crippen LogP) is 2.87. The number of benzene rings is 1. The molecule has 2 heteroatoms. The normalized spacial score (nSPS) is 27.2. The summed E-state index contributed by atoms with van der Waals surface area (Å²) in [6.07, 6.45) is 4.01. The molecule has 0 bridgehead atoms. The standard InChI is InChI=1S/C15H19NO/c1-11-5-2-3-8-14(11)15(17)16-9-12-6-4-7-13(12)10-16/h2-3,5,8,12-13H,4,6-7,9-10H2,1H3. The fraction of sp³-hybridized carbons (Fsp3) is 0.533. The van der Waals surface area contributed by atoms with Gasteiger partial charge in [0, 0.05) is 18.7 Å². The molecule has 0 N–H and O–H groups in total. The molecule has 2 unspecified atom stereocenters.